The first-order valence-corrected chi connectivity index (χ1v) is 11.2. The summed E-state index contributed by atoms with van der Waals surface area (Å²) in [5.74, 6) is -16.1. The van der Waals surface area contributed by atoms with E-state index in [4.69, 9.17) is 0 Å². The molecule has 28 heavy (non-hydrogen) atoms. The summed E-state index contributed by atoms with van der Waals surface area (Å²) in [5.41, 5.74) is 0. The van der Waals surface area contributed by atoms with Crippen LogP contribution in [0.15, 0.2) is 36.4 Å². The summed E-state index contributed by atoms with van der Waals surface area (Å²) in [6, 6.07) is 3.46. The molecule has 0 saturated heterocycles. The Labute approximate surface area is 157 Å². The zero-order valence-corrected chi connectivity index (χ0v) is 15.9. The molecule has 0 bridgehead atoms. The SMILES string of the molecule is Fc1cc[c]([Ga]([c]2ccc(F)c(F)c2F)[c]2ccc(F)c(F)c2F)c(F)c1F. The topological polar surface area (TPSA) is 0 Å². The normalized spacial score (nSPS) is 11.0. The Kier molecular flexibility index (Phi) is 5.53. The summed E-state index contributed by atoms with van der Waals surface area (Å²) in [5, 5.41) is 0. The van der Waals surface area contributed by atoms with Gasteiger partial charge in [0.2, 0.25) is 0 Å². The van der Waals surface area contributed by atoms with E-state index in [0.29, 0.717) is 36.4 Å². The van der Waals surface area contributed by atoms with Gasteiger partial charge in [0.25, 0.3) is 0 Å². The monoisotopic (exact) mass is 462 g/mol. The number of rotatable bonds is 3. The fourth-order valence-electron chi connectivity index (χ4n) is 2.79. The van der Waals surface area contributed by atoms with Crippen molar-refractivity contribution in [3.8, 4) is 0 Å². The molecule has 0 atom stereocenters. The van der Waals surface area contributed by atoms with E-state index in [0.717, 1.165) is 0 Å². The molecule has 0 radical (unpaired) electrons. The molecule has 0 aliphatic heterocycles. The van der Waals surface area contributed by atoms with Gasteiger partial charge < -0.3 is 0 Å². The van der Waals surface area contributed by atoms with Gasteiger partial charge in [0.15, 0.2) is 0 Å². The van der Waals surface area contributed by atoms with Crippen molar-refractivity contribution in [2.24, 2.45) is 0 Å². The van der Waals surface area contributed by atoms with Gasteiger partial charge in [-0.05, 0) is 0 Å². The summed E-state index contributed by atoms with van der Waals surface area (Å²) < 4.78 is 122. The van der Waals surface area contributed by atoms with Crippen LogP contribution in [0.1, 0.15) is 0 Å². The Morgan fingerprint density at radius 2 is 0.607 bits per heavy atom. The van der Waals surface area contributed by atoms with Gasteiger partial charge in [0.1, 0.15) is 0 Å². The van der Waals surface area contributed by atoms with Crippen molar-refractivity contribution in [2.75, 3.05) is 0 Å². The van der Waals surface area contributed by atoms with E-state index in [-0.39, 0.29) is 0 Å². The Bertz CT molecular complexity index is 945. The fraction of sp³-hybridized carbons (Fsp3) is 0. The molecule has 0 aliphatic rings. The molecule has 0 amide bonds. The van der Waals surface area contributed by atoms with Crippen LogP contribution in [0.2, 0.25) is 0 Å². The predicted octanol–water partition coefficient (Wildman–Crippen LogP) is 3.45. The summed E-state index contributed by atoms with van der Waals surface area (Å²) in [6.45, 7) is 0. The van der Waals surface area contributed by atoms with Gasteiger partial charge in [-0.2, -0.15) is 0 Å². The molecule has 0 spiro atoms. The van der Waals surface area contributed by atoms with Gasteiger partial charge in [-0.25, -0.2) is 0 Å². The number of hydrogen-bond acceptors (Lipinski definition) is 0. The minimum atomic E-state index is -4.56. The molecule has 0 aliphatic carbocycles. The zero-order chi connectivity index (χ0) is 20.7. The summed E-state index contributed by atoms with van der Waals surface area (Å²) in [7, 11) is 0. The first-order valence-electron chi connectivity index (χ1n) is 7.55. The van der Waals surface area contributed by atoms with Crippen LogP contribution in [-0.2, 0) is 0 Å². The third kappa shape index (κ3) is 3.30. The van der Waals surface area contributed by atoms with Crippen molar-refractivity contribution < 1.29 is 39.5 Å². The maximum atomic E-state index is 14.4. The van der Waals surface area contributed by atoms with Crippen LogP contribution in [-0.4, -0.2) is 16.2 Å². The van der Waals surface area contributed by atoms with Crippen LogP contribution >= 0.6 is 0 Å². The molecule has 10 heteroatoms. The van der Waals surface area contributed by atoms with Crippen molar-refractivity contribution in [1.29, 1.82) is 0 Å². The minimum absolute atomic E-state index is 0.474. The first-order chi connectivity index (χ1) is 13.1. The number of hydrogen-bond donors (Lipinski definition) is 0. The second kappa shape index (κ2) is 7.59. The molecular formula is C18H6F9Ga. The first kappa shape index (κ1) is 20.4. The van der Waals surface area contributed by atoms with Gasteiger partial charge in [0, 0.05) is 0 Å². The standard InChI is InChI=1S/3C6H2F3.Ga/c3*7-4-2-1-3-5(8)6(4)9;/h3*1-2H;. The van der Waals surface area contributed by atoms with Crippen LogP contribution in [0.5, 0.6) is 0 Å². The molecule has 3 aromatic rings. The number of benzene rings is 3. The Balaban J connectivity index is 2.38. The van der Waals surface area contributed by atoms with Gasteiger partial charge in [-0.1, -0.05) is 0 Å². The Hall–Kier alpha value is -2.33. The molecule has 0 unspecified atom stereocenters. The van der Waals surface area contributed by atoms with Crippen LogP contribution < -0.4 is 12.4 Å². The van der Waals surface area contributed by atoms with Gasteiger partial charge in [0.05, 0.1) is 0 Å². The van der Waals surface area contributed by atoms with Crippen molar-refractivity contribution in [2.45, 2.75) is 0 Å². The zero-order valence-electron chi connectivity index (χ0n) is 13.4. The molecule has 0 heterocycles. The molecular weight excluding hydrogens is 457 g/mol. The predicted molar refractivity (Wildman–Crippen MR) is 83.6 cm³/mol. The van der Waals surface area contributed by atoms with E-state index >= 15 is 0 Å². The summed E-state index contributed by atoms with van der Waals surface area (Å²) in [6.07, 6.45) is 0. The number of halogens is 9. The Morgan fingerprint density at radius 3 is 0.857 bits per heavy atom. The Morgan fingerprint density at radius 1 is 0.357 bits per heavy atom. The van der Waals surface area contributed by atoms with E-state index in [1.165, 1.54) is 0 Å². The summed E-state index contributed by atoms with van der Waals surface area (Å²) >= 11 is -4.56. The molecule has 3 rings (SSSR count). The van der Waals surface area contributed by atoms with Crippen molar-refractivity contribution in [3.63, 3.8) is 0 Å². The van der Waals surface area contributed by atoms with E-state index < -0.39 is 80.9 Å². The molecule has 3 aromatic carbocycles. The second-order valence-corrected chi connectivity index (χ2v) is 11.5. The average Bonchev–Trinajstić information content (AvgIpc) is 2.67. The van der Waals surface area contributed by atoms with Crippen LogP contribution in [0.4, 0.5) is 39.5 Å². The molecule has 144 valence electrons. The van der Waals surface area contributed by atoms with E-state index in [2.05, 4.69) is 0 Å². The third-order valence-corrected chi connectivity index (χ3v) is 10.8. The van der Waals surface area contributed by atoms with E-state index in [1.807, 2.05) is 0 Å². The van der Waals surface area contributed by atoms with Gasteiger partial charge in [-0.15, -0.1) is 0 Å². The van der Waals surface area contributed by atoms with Crippen molar-refractivity contribution in [1.82, 2.24) is 0 Å². The van der Waals surface area contributed by atoms with E-state index in [9.17, 15) is 39.5 Å². The molecule has 0 N–H and O–H groups in total. The fourth-order valence-corrected chi connectivity index (χ4v) is 9.11. The second-order valence-electron chi connectivity index (χ2n) is 5.73. The van der Waals surface area contributed by atoms with Crippen LogP contribution in [0, 0.1) is 52.4 Å². The van der Waals surface area contributed by atoms with Crippen molar-refractivity contribution in [3.05, 3.63) is 88.8 Å². The van der Waals surface area contributed by atoms with Gasteiger partial charge in [-0.3, -0.25) is 0 Å². The quantitative estimate of drug-likeness (QED) is 0.318. The van der Waals surface area contributed by atoms with Gasteiger partial charge >= 0.3 is 157 Å². The van der Waals surface area contributed by atoms with Crippen molar-refractivity contribution >= 4 is 28.6 Å². The van der Waals surface area contributed by atoms with Crippen LogP contribution in [0.25, 0.3) is 0 Å². The van der Waals surface area contributed by atoms with E-state index in [1.54, 1.807) is 0 Å². The molecule has 0 aromatic heterocycles. The molecule has 0 fully saturated rings. The molecule has 0 nitrogen and oxygen atoms in total. The third-order valence-electron chi connectivity index (χ3n) is 4.13. The maximum absolute atomic E-state index is 14.4. The average molecular weight is 463 g/mol. The summed E-state index contributed by atoms with van der Waals surface area (Å²) in [4.78, 5) is 0. The molecule has 0 saturated carbocycles. The van der Waals surface area contributed by atoms with Crippen LogP contribution in [0.3, 0.4) is 0 Å².